The Morgan fingerprint density at radius 2 is 2.50 bits per heavy atom. The molecule has 1 saturated heterocycles. The van der Waals surface area contributed by atoms with Gasteiger partial charge in [-0.05, 0) is 0 Å². The van der Waals surface area contributed by atoms with Crippen molar-refractivity contribution in [3.05, 3.63) is 10.1 Å². The van der Waals surface area contributed by atoms with Crippen LogP contribution in [0.2, 0.25) is 0 Å². The van der Waals surface area contributed by atoms with Crippen LogP contribution >= 0.6 is 0 Å². The summed E-state index contributed by atoms with van der Waals surface area (Å²) in [7, 11) is 1.44. The van der Waals surface area contributed by atoms with Crippen molar-refractivity contribution in [2.24, 2.45) is 4.99 Å². The van der Waals surface area contributed by atoms with Gasteiger partial charge in [-0.15, -0.1) is 5.53 Å². The second-order valence-corrected chi connectivity index (χ2v) is 1.46. The fourth-order valence-electron chi connectivity index (χ4n) is 0.511. The van der Waals surface area contributed by atoms with E-state index in [2.05, 4.69) is 21.5 Å². The summed E-state index contributed by atoms with van der Waals surface area (Å²) in [6, 6.07) is 0. The Morgan fingerprint density at radius 1 is 1.80 bits per heavy atom. The zero-order valence-electron chi connectivity index (χ0n) is 5.16. The molecule has 0 bridgehead atoms. The monoisotopic (exact) mass is 146 g/mol. The first-order valence-corrected chi connectivity index (χ1v) is 2.43. The maximum Gasteiger partial charge on any atom is 0.294 e. The molecule has 0 spiro atoms. The molecule has 0 unspecified atom stereocenters. The summed E-state index contributed by atoms with van der Waals surface area (Å²) in [5.74, 6) is 0.116. The summed E-state index contributed by atoms with van der Waals surface area (Å²) in [5, 5.41) is 10.1. The zero-order valence-corrected chi connectivity index (χ0v) is 5.16. The van der Waals surface area contributed by atoms with Crippen molar-refractivity contribution in [2.45, 2.75) is 0 Å². The van der Waals surface area contributed by atoms with E-state index in [1.807, 2.05) is 0 Å². The number of nitrogens with one attached hydrogen (secondary N) is 3. The van der Waals surface area contributed by atoms with E-state index in [1.165, 1.54) is 7.05 Å². The quantitative estimate of drug-likeness (QED) is 0.292. The largest absolute Gasteiger partial charge is 0.294 e. The van der Waals surface area contributed by atoms with Crippen LogP contribution in [0.1, 0.15) is 0 Å². The highest BCUT2D eigenvalue weighted by Crippen LogP contribution is 1.86. The molecule has 1 aliphatic rings. The number of aliphatic imine (C=N–C) groups is 1. The average Bonchev–Trinajstić information content (AvgIpc) is 2.33. The number of hydrogen-bond acceptors (Lipinski definition) is 5. The Balaban J connectivity index is 2.68. The van der Waals surface area contributed by atoms with Gasteiger partial charge in [0.25, 0.3) is 5.96 Å². The summed E-state index contributed by atoms with van der Waals surface area (Å²) in [6.45, 7) is 0. The molecule has 0 aromatic heterocycles. The predicted molar refractivity (Wildman–Crippen MR) is 31.6 cm³/mol. The first kappa shape index (κ1) is 6.71. The highest BCUT2D eigenvalue weighted by Gasteiger charge is 2.26. The minimum Gasteiger partial charge on any atom is -0.270 e. The van der Waals surface area contributed by atoms with E-state index < -0.39 is 5.03 Å². The molecule has 1 rings (SSSR count). The molecule has 10 heavy (non-hydrogen) atoms. The molecule has 1 aliphatic heterocycles. The molecule has 0 radical (unpaired) electrons. The molecule has 0 atom stereocenters. The van der Waals surface area contributed by atoms with Crippen molar-refractivity contribution in [2.75, 3.05) is 7.05 Å². The van der Waals surface area contributed by atoms with E-state index in [4.69, 9.17) is 0 Å². The van der Waals surface area contributed by atoms with Gasteiger partial charge in [0.2, 0.25) is 0 Å². The van der Waals surface area contributed by atoms with E-state index in [-0.39, 0.29) is 5.96 Å². The number of hydrazine groups is 4. The van der Waals surface area contributed by atoms with E-state index in [0.29, 0.717) is 5.12 Å². The van der Waals surface area contributed by atoms with Crippen molar-refractivity contribution in [3.63, 3.8) is 0 Å². The zero-order chi connectivity index (χ0) is 7.56. The lowest BCUT2D eigenvalue weighted by Crippen LogP contribution is -2.42. The normalized spacial score (nSPS) is 21.3. The molecule has 1 heterocycles. The standard InChI is InChI=1S/C2H6N6O2/c1-3-2-4-5-6-7(2)8(9)10/h5-6H,1H3,(H,3,4). The summed E-state index contributed by atoms with van der Waals surface area (Å²) in [5.41, 5.74) is 6.92. The Labute approximate surface area is 55.9 Å². The van der Waals surface area contributed by atoms with Crippen molar-refractivity contribution in [1.29, 1.82) is 0 Å². The fourth-order valence-corrected chi connectivity index (χ4v) is 0.511. The summed E-state index contributed by atoms with van der Waals surface area (Å²) >= 11 is 0. The molecule has 1 fully saturated rings. The first-order chi connectivity index (χ1) is 4.75. The molecule has 8 heteroatoms. The molecule has 0 saturated carbocycles. The Bertz CT molecular complexity index is 177. The first-order valence-electron chi connectivity index (χ1n) is 2.43. The lowest BCUT2D eigenvalue weighted by Gasteiger charge is -2.00. The van der Waals surface area contributed by atoms with Crippen LogP contribution in [0, 0.1) is 10.1 Å². The van der Waals surface area contributed by atoms with Gasteiger partial charge in [-0.1, -0.05) is 5.53 Å². The summed E-state index contributed by atoms with van der Waals surface area (Å²) in [6.07, 6.45) is 0. The Kier molecular flexibility index (Phi) is 1.65. The van der Waals surface area contributed by atoms with Crippen LogP contribution in [-0.2, 0) is 0 Å². The maximum absolute atomic E-state index is 10.1. The van der Waals surface area contributed by atoms with Gasteiger partial charge in [0.15, 0.2) is 5.03 Å². The third kappa shape index (κ3) is 0.967. The van der Waals surface area contributed by atoms with E-state index in [0.717, 1.165) is 0 Å². The van der Waals surface area contributed by atoms with Gasteiger partial charge < -0.3 is 0 Å². The molecule has 0 amide bonds. The van der Waals surface area contributed by atoms with Gasteiger partial charge in [0.1, 0.15) is 0 Å². The van der Waals surface area contributed by atoms with Crippen molar-refractivity contribution in [3.8, 4) is 0 Å². The van der Waals surface area contributed by atoms with Gasteiger partial charge in [0.05, 0.1) is 0 Å². The average molecular weight is 146 g/mol. The number of rotatable bonds is 1. The van der Waals surface area contributed by atoms with Crippen molar-refractivity contribution < 1.29 is 5.03 Å². The fraction of sp³-hybridized carbons (Fsp3) is 0.500. The van der Waals surface area contributed by atoms with Crippen LogP contribution in [0.25, 0.3) is 0 Å². The van der Waals surface area contributed by atoms with Crippen LogP contribution in [0.15, 0.2) is 4.99 Å². The molecule has 8 nitrogen and oxygen atoms in total. The molecule has 0 aliphatic carbocycles. The molecular weight excluding hydrogens is 140 g/mol. The van der Waals surface area contributed by atoms with Gasteiger partial charge >= 0.3 is 0 Å². The van der Waals surface area contributed by atoms with Gasteiger partial charge in [-0.3, -0.25) is 5.43 Å². The molecule has 56 valence electrons. The summed E-state index contributed by atoms with van der Waals surface area (Å²) < 4.78 is 0. The topological polar surface area (TPSA) is 94.8 Å². The lowest BCUT2D eigenvalue weighted by atomic mass is 11.0. The molecular formula is C2H6N6O2. The van der Waals surface area contributed by atoms with Gasteiger partial charge in [-0.2, -0.15) is 0 Å². The van der Waals surface area contributed by atoms with E-state index >= 15 is 0 Å². The maximum atomic E-state index is 10.1. The smallest absolute Gasteiger partial charge is 0.270 e. The van der Waals surface area contributed by atoms with Gasteiger partial charge in [-0.25, -0.2) is 15.1 Å². The van der Waals surface area contributed by atoms with Crippen molar-refractivity contribution in [1.82, 2.24) is 21.6 Å². The highest BCUT2D eigenvalue weighted by molar-refractivity contribution is 5.78. The number of guanidine groups is 1. The lowest BCUT2D eigenvalue weighted by molar-refractivity contribution is -0.642. The van der Waals surface area contributed by atoms with E-state index in [1.54, 1.807) is 0 Å². The predicted octanol–water partition coefficient (Wildman–Crippen LogP) is -2.01. The third-order valence-corrected chi connectivity index (χ3v) is 0.912. The summed E-state index contributed by atoms with van der Waals surface area (Å²) in [4.78, 5) is 13.6. The van der Waals surface area contributed by atoms with Crippen LogP contribution in [0.5, 0.6) is 0 Å². The van der Waals surface area contributed by atoms with Crippen LogP contribution in [0.4, 0.5) is 0 Å². The Morgan fingerprint density at radius 3 is 2.90 bits per heavy atom. The molecule has 0 aromatic rings. The van der Waals surface area contributed by atoms with Crippen LogP contribution in [0.3, 0.4) is 0 Å². The second-order valence-electron chi connectivity index (χ2n) is 1.46. The second kappa shape index (κ2) is 2.45. The minimum absolute atomic E-state index is 0.116. The van der Waals surface area contributed by atoms with E-state index in [9.17, 15) is 10.1 Å². The molecule has 0 aromatic carbocycles. The number of hydrogen-bond donors (Lipinski definition) is 3. The highest BCUT2D eigenvalue weighted by atomic mass is 16.7. The van der Waals surface area contributed by atoms with Crippen LogP contribution < -0.4 is 16.5 Å². The number of nitro groups is 1. The Hall–Kier alpha value is -1.41. The van der Waals surface area contributed by atoms with Crippen molar-refractivity contribution >= 4 is 5.96 Å². The minimum atomic E-state index is -0.644. The number of nitrogens with zero attached hydrogens (tertiary/aromatic N) is 3. The molecule has 3 N–H and O–H groups in total. The van der Waals surface area contributed by atoms with Crippen LogP contribution in [-0.4, -0.2) is 23.2 Å². The SMILES string of the molecule is CN=C1NNNN1[N+](=O)[O-]. The van der Waals surface area contributed by atoms with Gasteiger partial charge in [0, 0.05) is 12.2 Å². The third-order valence-electron chi connectivity index (χ3n) is 0.912.